The van der Waals surface area contributed by atoms with Crippen molar-refractivity contribution in [2.24, 2.45) is 7.05 Å². The van der Waals surface area contributed by atoms with Crippen molar-refractivity contribution < 1.29 is 9.53 Å². The van der Waals surface area contributed by atoms with Gasteiger partial charge in [0.2, 0.25) is 0 Å². The fraction of sp³-hybridized carbons (Fsp3) is 0.412. The molecule has 0 saturated carbocycles. The zero-order valence-electron chi connectivity index (χ0n) is 14.3. The maximum Gasteiger partial charge on any atom is 0.412 e. The molecule has 23 heavy (non-hydrogen) atoms. The number of aromatic nitrogens is 2. The number of rotatable bonds is 4. The Hall–Kier alpha value is -2.50. The van der Waals surface area contributed by atoms with E-state index in [0.29, 0.717) is 5.69 Å². The average Bonchev–Trinajstić information content (AvgIpc) is 2.83. The molecule has 0 spiro atoms. The van der Waals surface area contributed by atoms with Crippen molar-refractivity contribution in [2.75, 3.05) is 10.6 Å². The van der Waals surface area contributed by atoms with Gasteiger partial charge >= 0.3 is 6.09 Å². The molecule has 0 aliphatic carbocycles. The zero-order valence-corrected chi connectivity index (χ0v) is 14.3. The van der Waals surface area contributed by atoms with Crippen molar-refractivity contribution in [1.29, 1.82) is 0 Å². The van der Waals surface area contributed by atoms with E-state index in [0.717, 1.165) is 11.3 Å². The summed E-state index contributed by atoms with van der Waals surface area (Å²) < 4.78 is 7.03. The lowest BCUT2D eigenvalue weighted by molar-refractivity contribution is 0.0636. The van der Waals surface area contributed by atoms with Gasteiger partial charge in [0.15, 0.2) is 0 Å². The van der Waals surface area contributed by atoms with Crippen molar-refractivity contribution in [3.8, 4) is 0 Å². The molecule has 1 atom stereocenters. The summed E-state index contributed by atoms with van der Waals surface area (Å²) in [6, 6.07) is 7.64. The summed E-state index contributed by atoms with van der Waals surface area (Å²) >= 11 is 0. The highest BCUT2D eigenvalue weighted by Gasteiger charge is 2.16. The van der Waals surface area contributed by atoms with Gasteiger partial charge in [-0.3, -0.25) is 10.00 Å². The van der Waals surface area contributed by atoms with Crippen molar-refractivity contribution in [3.05, 3.63) is 42.2 Å². The maximum absolute atomic E-state index is 11.8. The molecule has 1 unspecified atom stereocenters. The molecule has 1 aromatic heterocycles. The minimum absolute atomic E-state index is 0.112. The van der Waals surface area contributed by atoms with Crippen LogP contribution in [0.2, 0.25) is 0 Å². The topological polar surface area (TPSA) is 68.2 Å². The second-order valence-corrected chi connectivity index (χ2v) is 6.52. The quantitative estimate of drug-likeness (QED) is 0.896. The van der Waals surface area contributed by atoms with E-state index in [-0.39, 0.29) is 6.04 Å². The van der Waals surface area contributed by atoms with Crippen LogP contribution < -0.4 is 10.6 Å². The third-order valence-corrected chi connectivity index (χ3v) is 3.12. The van der Waals surface area contributed by atoms with Crippen molar-refractivity contribution in [2.45, 2.75) is 39.3 Å². The first-order valence-corrected chi connectivity index (χ1v) is 7.58. The maximum atomic E-state index is 11.8. The molecule has 0 saturated heterocycles. The van der Waals surface area contributed by atoms with Gasteiger partial charge in [-0.25, -0.2) is 4.79 Å². The minimum Gasteiger partial charge on any atom is -0.444 e. The number of carbonyl (C=O) groups is 1. The highest BCUT2D eigenvalue weighted by molar-refractivity contribution is 5.85. The molecule has 0 fully saturated rings. The van der Waals surface area contributed by atoms with Gasteiger partial charge < -0.3 is 10.1 Å². The lowest BCUT2D eigenvalue weighted by Crippen LogP contribution is -2.27. The predicted molar refractivity (Wildman–Crippen MR) is 91.5 cm³/mol. The van der Waals surface area contributed by atoms with Crippen LogP contribution in [0.3, 0.4) is 0 Å². The van der Waals surface area contributed by atoms with Crippen LogP contribution in [-0.4, -0.2) is 21.5 Å². The molecular formula is C17H24N4O2. The molecule has 2 aromatic rings. The number of nitrogens with one attached hydrogen (secondary N) is 2. The molecule has 2 rings (SSSR count). The van der Waals surface area contributed by atoms with Gasteiger partial charge in [0.05, 0.1) is 12.2 Å². The minimum atomic E-state index is -0.519. The molecule has 1 heterocycles. The third-order valence-electron chi connectivity index (χ3n) is 3.12. The number of hydrogen-bond acceptors (Lipinski definition) is 4. The number of nitrogens with zero attached hydrogens (tertiary/aromatic N) is 2. The summed E-state index contributed by atoms with van der Waals surface area (Å²) in [4.78, 5) is 11.8. The van der Waals surface area contributed by atoms with Gasteiger partial charge in [-0.05, 0) is 45.9 Å². The molecule has 0 aliphatic heterocycles. The lowest BCUT2D eigenvalue weighted by atomic mass is 10.1. The van der Waals surface area contributed by atoms with Crippen LogP contribution in [0.1, 0.15) is 39.3 Å². The van der Waals surface area contributed by atoms with E-state index in [1.807, 2.05) is 64.5 Å². The van der Waals surface area contributed by atoms with Crippen molar-refractivity contribution in [1.82, 2.24) is 9.78 Å². The number of carbonyl (C=O) groups excluding carboxylic acids is 1. The SMILES string of the molecule is CC(Nc1cccc(NC(=O)OC(C)(C)C)c1)c1cnn(C)c1. The first-order chi connectivity index (χ1) is 10.7. The van der Waals surface area contributed by atoms with E-state index in [1.165, 1.54) is 0 Å². The van der Waals surface area contributed by atoms with Crippen LogP contribution in [0.25, 0.3) is 0 Å². The number of aryl methyl sites for hydroxylation is 1. The summed E-state index contributed by atoms with van der Waals surface area (Å²) in [5, 5.41) is 10.3. The molecule has 6 nitrogen and oxygen atoms in total. The molecule has 2 N–H and O–H groups in total. The molecule has 6 heteroatoms. The first kappa shape index (κ1) is 16.9. The largest absolute Gasteiger partial charge is 0.444 e. The van der Waals surface area contributed by atoms with Crippen molar-refractivity contribution in [3.63, 3.8) is 0 Å². The predicted octanol–water partition coefficient (Wildman–Crippen LogP) is 3.94. The van der Waals surface area contributed by atoms with Gasteiger partial charge in [-0.2, -0.15) is 5.10 Å². The molecule has 0 aliphatic rings. The fourth-order valence-electron chi connectivity index (χ4n) is 2.11. The summed E-state index contributed by atoms with van der Waals surface area (Å²) in [7, 11) is 1.89. The molecule has 1 aromatic carbocycles. The molecule has 0 radical (unpaired) electrons. The number of benzene rings is 1. The summed E-state index contributed by atoms with van der Waals surface area (Å²) in [6.45, 7) is 7.56. The van der Waals surface area contributed by atoms with Gasteiger partial charge in [-0.15, -0.1) is 0 Å². The smallest absolute Gasteiger partial charge is 0.412 e. The molecule has 0 bridgehead atoms. The van der Waals surface area contributed by atoms with Crippen molar-refractivity contribution >= 4 is 17.5 Å². The van der Waals surface area contributed by atoms with Crippen LogP contribution in [0, 0.1) is 0 Å². The average molecular weight is 316 g/mol. The van der Waals surface area contributed by atoms with E-state index in [4.69, 9.17) is 4.74 Å². The molecule has 124 valence electrons. The first-order valence-electron chi connectivity index (χ1n) is 7.58. The van der Waals surface area contributed by atoms with Crippen LogP contribution in [-0.2, 0) is 11.8 Å². The van der Waals surface area contributed by atoms with Gasteiger partial charge in [-0.1, -0.05) is 6.07 Å². The molecule has 1 amide bonds. The number of anilines is 2. The van der Waals surface area contributed by atoms with E-state index in [2.05, 4.69) is 22.7 Å². The normalized spacial score (nSPS) is 12.6. The lowest BCUT2D eigenvalue weighted by Gasteiger charge is -2.20. The van der Waals surface area contributed by atoms with Gasteiger partial charge in [0.1, 0.15) is 5.60 Å². The van der Waals surface area contributed by atoms with E-state index in [9.17, 15) is 4.79 Å². The Balaban J connectivity index is 2.01. The number of amides is 1. The second kappa shape index (κ2) is 6.73. The molecular weight excluding hydrogens is 292 g/mol. The standard InChI is InChI=1S/C17H24N4O2/c1-12(13-10-18-21(5)11-13)19-14-7-6-8-15(9-14)20-16(22)23-17(2,3)4/h6-12,19H,1-5H3,(H,20,22). The Morgan fingerprint density at radius 3 is 2.61 bits per heavy atom. The van der Waals surface area contributed by atoms with Gasteiger partial charge in [0, 0.05) is 30.2 Å². The Morgan fingerprint density at radius 1 is 1.30 bits per heavy atom. The zero-order chi connectivity index (χ0) is 17.0. The van der Waals surface area contributed by atoms with E-state index in [1.54, 1.807) is 4.68 Å². The van der Waals surface area contributed by atoms with Crippen LogP contribution in [0.4, 0.5) is 16.2 Å². The summed E-state index contributed by atoms with van der Waals surface area (Å²) in [6.07, 6.45) is 3.34. The monoisotopic (exact) mass is 316 g/mol. The van der Waals surface area contributed by atoms with Crippen LogP contribution in [0.15, 0.2) is 36.7 Å². The highest BCUT2D eigenvalue weighted by atomic mass is 16.6. The Bertz CT molecular complexity index is 673. The Morgan fingerprint density at radius 2 is 2.00 bits per heavy atom. The van der Waals surface area contributed by atoms with Gasteiger partial charge in [0.25, 0.3) is 0 Å². The Labute approximate surface area is 136 Å². The van der Waals surface area contributed by atoms with E-state index >= 15 is 0 Å². The van der Waals surface area contributed by atoms with E-state index < -0.39 is 11.7 Å². The second-order valence-electron chi connectivity index (χ2n) is 6.52. The Kier molecular flexibility index (Phi) is 4.93. The summed E-state index contributed by atoms with van der Waals surface area (Å²) in [5.41, 5.74) is 2.17. The third kappa shape index (κ3) is 5.32. The summed E-state index contributed by atoms with van der Waals surface area (Å²) in [5.74, 6) is 0. The number of ether oxygens (including phenoxy) is 1. The fourth-order valence-corrected chi connectivity index (χ4v) is 2.11. The van der Waals surface area contributed by atoms with Crippen LogP contribution >= 0.6 is 0 Å². The highest BCUT2D eigenvalue weighted by Crippen LogP contribution is 2.22. The number of hydrogen-bond donors (Lipinski definition) is 2. The van der Waals surface area contributed by atoms with Crippen LogP contribution in [0.5, 0.6) is 0 Å².